The highest BCUT2D eigenvalue weighted by atomic mass is 16.6. The molecule has 1 heterocycles. The minimum atomic E-state index is -0.560. The number of ether oxygens (including phenoxy) is 2. The van der Waals surface area contributed by atoms with Crippen LogP contribution < -0.4 is 0 Å². The monoisotopic (exact) mass is 285 g/mol. The molecule has 1 aliphatic rings. The maximum Gasteiger partial charge on any atom is 0.411 e. The van der Waals surface area contributed by atoms with Crippen LogP contribution in [0.15, 0.2) is 0 Å². The molecule has 1 fully saturated rings. The molecule has 2 unspecified atom stereocenters. The highest BCUT2D eigenvalue weighted by molar-refractivity contribution is 5.82. The summed E-state index contributed by atoms with van der Waals surface area (Å²) in [5, 5.41) is 0. The summed E-state index contributed by atoms with van der Waals surface area (Å²) in [6.07, 6.45) is 2.93. The van der Waals surface area contributed by atoms with Crippen LogP contribution >= 0.6 is 0 Å². The smallest absolute Gasteiger partial charge is 0.411 e. The number of esters is 1. The largest absolute Gasteiger partial charge is 0.464 e. The van der Waals surface area contributed by atoms with E-state index in [4.69, 9.17) is 9.47 Å². The van der Waals surface area contributed by atoms with E-state index in [1.165, 1.54) is 0 Å². The summed E-state index contributed by atoms with van der Waals surface area (Å²) in [6, 6.07) is -0.425. The molecule has 1 amide bonds. The fraction of sp³-hybridized carbons (Fsp3) is 0.867. The number of hydrogen-bond acceptors (Lipinski definition) is 4. The van der Waals surface area contributed by atoms with Crippen LogP contribution in [-0.2, 0) is 14.3 Å². The summed E-state index contributed by atoms with van der Waals surface area (Å²) in [4.78, 5) is 26.0. The molecule has 1 saturated heterocycles. The molecular formula is C15H27NO4. The van der Waals surface area contributed by atoms with Crippen LogP contribution in [0.3, 0.4) is 0 Å². The maximum absolute atomic E-state index is 12.4. The second-order valence-corrected chi connectivity index (χ2v) is 6.18. The van der Waals surface area contributed by atoms with Gasteiger partial charge in [0.25, 0.3) is 0 Å². The van der Waals surface area contributed by atoms with Gasteiger partial charge < -0.3 is 9.47 Å². The molecule has 0 N–H and O–H groups in total. The Morgan fingerprint density at radius 3 is 2.35 bits per heavy atom. The average molecular weight is 285 g/mol. The van der Waals surface area contributed by atoms with E-state index in [-0.39, 0.29) is 12.0 Å². The molecule has 1 rings (SSSR count). The zero-order valence-electron chi connectivity index (χ0n) is 13.3. The topological polar surface area (TPSA) is 55.8 Å². The Morgan fingerprint density at radius 2 is 1.85 bits per heavy atom. The number of carbonyl (C=O) groups is 2. The fourth-order valence-corrected chi connectivity index (χ4v) is 2.56. The number of hydrogen-bond donors (Lipinski definition) is 0. The summed E-state index contributed by atoms with van der Waals surface area (Å²) in [7, 11) is 0. The van der Waals surface area contributed by atoms with Crippen molar-refractivity contribution in [2.75, 3.05) is 6.61 Å². The lowest BCUT2D eigenvalue weighted by atomic mass is 10.1. The predicted molar refractivity (Wildman–Crippen MR) is 76.4 cm³/mol. The molecule has 2 atom stereocenters. The Balaban J connectivity index is 2.85. The van der Waals surface area contributed by atoms with E-state index in [9.17, 15) is 9.59 Å². The second-order valence-electron chi connectivity index (χ2n) is 6.18. The maximum atomic E-state index is 12.4. The summed E-state index contributed by atoms with van der Waals surface area (Å²) in [5.74, 6) is -0.322. The molecule has 0 spiro atoms. The molecule has 0 aromatic carbocycles. The lowest BCUT2D eigenvalue weighted by Crippen LogP contribution is -2.47. The van der Waals surface area contributed by atoms with Gasteiger partial charge in [-0.05, 0) is 47.0 Å². The first-order valence-corrected chi connectivity index (χ1v) is 7.48. The SMILES string of the molecule is CCCC1CCC(C(=O)OCC)N1C(=O)OC(C)(C)C. The Bertz CT molecular complexity index is 348. The highest BCUT2D eigenvalue weighted by Gasteiger charge is 2.43. The number of likely N-dealkylation sites (tertiary alicyclic amines) is 1. The molecule has 116 valence electrons. The summed E-state index contributed by atoms with van der Waals surface area (Å²) in [5.41, 5.74) is -0.560. The van der Waals surface area contributed by atoms with E-state index in [1.54, 1.807) is 11.8 Å². The highest BCUT2D eigenvalue weighted by Crippen LogP contribution is 2.30. The lowest BCUT2D eigenvalue weighted by Gasteiger charge is -2.31. The second kappa shape index (κ2) is 6.95. The molecular weight excluding hydrogens is 258 g/mol. The van der Waals surface area contributed by atoms with Gasteiger partial charge >= 0.3 is 12.1 Å². The van der Waals surface area contributed by atoms with Gasteiger partial charge in [-0.3, -0.25) is 4.90 Å². The van der Waals surface area contributed by atoms with Crippen molar-refractivity contribution in [2.45, 2.75) is 78.0 Å². The third-order valence-corrected chi connectivity index (χ3v) is 3.29. The molecule has 1 aliphatic heterocycles. The van der Waals surface area contributed by atoms with Crippen molar-refractivity contribution < 1.29 is 19.1 Å². The quantitative estimate of drug-likeness (QED) is 0.745. The van der Waals surface area contributed by atoms with Gasteiger partial charge in [0.2, 0.25) is 0 Å². The molecule has 5 heteroatoms. The zero-order valence-corrected chi connectivity index (χ0v) is 13.3. The Kier molecular flexibility index (Phi) is 5.84. The van der Waals surface area contributed by atoms with Crippen molar-refractivity contribution in [3.63, 3.8) is 0 Å². The van der Waals surface area contributed by atoms with E-state index < -0.39 is 17.7 Å². The minimum absolute atomic E-state index is 0.0734. The van der Waals surface area contributed by atoms with E-state index in [2.05, 4.69) is 6.92 Å². The molecule has 5 nitrogen and oxygen atoms in total. The van der Waals surface area contributed by atoms with Gasteiger partial charge in [0.05, 0.1) is 6.61 Å². The van der Waals surface area contributed by atoms with Crippen molar-refractivity contribution >= 4 is 12.1 Å². The van der Waals surface area contributed by atoms with E-state index in [0.29, 0.717) is 13.0 Å². The zero-order chi connectivity index (χ0) is 15.3. The van der Waals surface area contributed by atoms with Crippen molar-refractivity contribution in [1.29, 1.82) is 0 Å². The van der Waals surface area contributed by atoms with Crippen LogP contribution in [-0.4, -0.2) is 41.3 Å². The number of rotatable bonds is 4. The van der Waals surface area contributed by atoms with Gasteiger partial charge in [-0.1, -0.05) is 13.3 Å². The Morgan fingerprint density at radius 1 is 1.20 bits per heavy atom. The van der Waals surface area contributed by atoms with E-state index in [0.717, 1.165) is 19.3 Å². The Labute approximate surface area is 121 Å². The van der Waals surface area contributed by atoms with Gasteiger partial charge in [-0.2, -0.15) is 0 Å². The molecule has 0 saturated carbocycles. The van der Waals surface area contributed by atoms with Crippen molar-refractivity contribution in [2.24, 2.45) is 0 Å². The molecule has 0 aliphatic carbocycles. The molecule has 0 bridgehead atoms. The van der Waals surface area contributed by atoms with Crippen LogP contribution in [0.2, 0.25) is 0 Å². The molecule has 20 heavy (non-hydrogen) atoms. The first-order chi connectivity index (χ1) is 9.30. The third kappa shape index (κ3) is 4.39. The van der Waals surface area contributed by atoms with Crippen molar-refractivity contribution in [3.8, 4) is 0 Å². The van der Waals surface area contributed by atoms with Gasteiger partial charge in [-0.25, -0.2) is 9.59 Å². The van der Waals surface area contributed by atoms with E-state index in [1.807, 2.05) is 20.8 Å². The van der Waals surface area contributed by atoms with Crippen LogP contribution in [0, 0.1) is 0 Å². The molecule has 0 radical (unpaired) electrons. The molecule has 0 aromatic rings. The predicted octanol–water partition coefficient (Wildman–Crippen LogP) is 3.12. The molecule has 0 aromatic heterocycles. The fourth-order valence-electron chi connectivity index (χ4n) is 2.56. The number of nitrogens with zero attached hydrogens (tertiary/aromatic N) is 1. The van der Waals surface area contributed by atoms with Gasteiger partial charge in [0, 0.05) is 6.04 Å². The van der Waals surface area contributed by atoms with Crippen molar-refractivity contribution in [3.05, 3.63) is 0 Å². The van der Waals surface area contributed by atoms with Crippen molar-refractivity contribution in [1.82, 2.24) is 4.90 Å². The van der Waals surface area contributed by atoms with E-state index >= 15 is 0 Å². The first kappa shape index (κ1) is 16.8. The van der Waals surface area contributed by atoms with Crippen LogP contribution in [0.5, 0.6) is 0 Å². The average Bonchev–Trinajstić information content (AvgIpc) is 2.71. The van der Waals surface area contributed by atoms with Gasteiger partial charge in [0.1, 0.15) is 11.6 Å². The van der Waals surface area contributed by atoms with Crippen LogP contribution in [0.25, 0.3) is 0 Å². The van der Waals surface area contributed by atoms with Crippen LogP contribution in [0.1, 0.15) is 60.3 Å². The third-order valence-electron chi connectivity index (χ3n) is 3.29. The summed E-state index contributed by atoms with van der Waals surface area (Å²) >= 11 is 0. The lowest BCUT2D eigenvalue weighted by molar-refractivity contribution is -0.148. The minimum Gasteiger partial charge on any atom is -0.464 e. The standard InChI is InChI=1S/C15H27NO4/c1-6-8-11-9-10-12(13(17)19-7-2)16(11)14(18)20-15(3,4)5/h11-12H,6-10H2,1-5H3. The normalized spacial score (nSPS) is 22.8. The van der Waals surface area contributed by atoms with Gasteiger partial charge in [-0.15, -0.1) is 0 Å². The Hall–Kier alpha value is -1.26. The number of carbonyl (C=O) groups excluding carboxylic acids is 2. The number of amides is 1. The summed E-state index contributed by atoms with van der Waals surface area (Å²) in [6.45, 7) is 9.66. The van der Waals surface area contributed by atoms with Crippen LogP contribution in [0.4, 0.5) is 4.79 Å². The first-order valence-electron chi connectivity index (χ1n) is 7.48. The summed E-state index contributed by atoms with van der Waals surface area (Å²) < 4.78 is 10.5. The van der Waals surface area contributed by atoms with Gasteiger partial charge in [0.15, 0.2) is 0 Å².